The molecule has 1 aliphatic heterocycles. The van der Waals surface area contributed by atoms with Crippen LogP contribution in [0.15, 0.2) is 0 Å². The number of carbonyl (C=O) groups excluding carboxylic acids is 1. The maximum Gasteiger partial charge on any atom is 0.303 e. The van der Waals surface area contributed by atoms with Gasteiger partial charge in [0.25, 0.3) is 0 Å². The summed E-state index contributed by atoms with van der Waals surface area (Å²) in [5, 5.41) is 8.44. The fourth-order valence-corrected chi connectivity index (χ4v) is 2.83. The van der Waals surface area contributed by atoms with Gasteiger partial charge in [-0.1, -0.05) is 0 Å². The van der Waals surface area contributed by atoms with E-state index in [0.717, 1.165) is 0 Å². The average Bonchev–Trinajstić information content (AvgIpc) is 2.50. The van der Waals surface area contributed by atoms with Gasteiger partial charge in [0.1, 0.15) is 0 Å². The Hall–Kier alpha value is -1.18. The maximum absolute atomic E-state index is 12.5. The summed E-state index contributed by atoms with van der Waals surface area (Å²) in [7, 11) is -4.55. The summed E-state index contributed by atoms with van der Waals surface area (Å²) in [6.45, 7) is 0.629. The lowest BCUT2D eigenvalue weighted by molar-refractivity contribution is -0.137. The summed E-state index contributed by atoms with van der Waals surface area (Å²) in [4.78, 5) is 23.2. The highest BCUT2D eigenvalue weighted by Gasteiger charge is 2.32. The first kappa shape index (κ1) is 14.9. The van der Waals surface area contributed by atoms with Gasteiger partial charge < -0.3 is 10.0 Å². The SMILES string of the molecule is O=C(O)CCCCN1CC(CS(=O)(=O)F)CC1=O. The molecule has 0 aromatic carbocycles. The van der Waals surface area contributed by atoms with Crippen LogP contribution in [0.25, 0.3) is 0 Å². The van der Waals surface area contributed by atoms with Crippen molar-refractivity contribution in [1.82, 2.24) is 4.90 Å². The smallest absolute Gasteiger partial charge is 0.303 e. The van der Waals surface area contributed by atoms with Crippen LogP contribution in [0.5, 0.6) is 0 Å². The third-order valence-electron chi connectivity index (χ3n) is 2.80. The Labute approximate surface area is 105 Å². The minimum Gasteiger partial charge on any atom is -0.481 e. The zero-order valence-corrected chi connectivity index (χ0v) is 10.7. The molecular formula is C10H16FNO5S. The first-order valence-corrected chi connectivity index (χ1v) is 7.25. The predicted molar refractivity (Wildman–Crippen MR) is 61.1 cm³/mol. The number of nitrogens with zero attached hydrogens (tertiary/aromatic N) is 1. The summed E-state index contributed by atoms with van der Waals surface area (Å²) in [5.74, 6) is -2.19. The van der Waals surface area contributed by atoms with Crippen molar-refractivity contribution in [2.24, 2.45) is 5.92 Å². The van der Waals surface area contributed by atoms with Crippen LogP contribution >= 0.6 is 0 Å². The summed E-state index contributed by atoms with van der Waals surface area (Å²) in [6, 6.07) is 0. The van der Waals surface area contributed by atoms with Gasteiger partial charge in [-0.3, -0.25) is 9.59 Å². The van der Waals surface area contributed by atoms with E-state index in [0.29, 0.717) is 19.4 Å². The van der Waals surface area contributed by atoms with Crippen LogP contribution in [0.2, 0.25) is 0 Å². The van der Waals surface area contributed by atoms with Gasteiger partial charge in [-0.25, -0.2) is 0 Å². The van der Waals surface area contributed by atoms with Crippen LogP contribution in [0.1, 0.15) is 25.7 Å². The standard InChI is InChI=1S/C10H16FNO5S/c11-18(16,17)7-8-5-9(13)12(6-8)4-2-1-3-10(14)15/h8H,1-7H2,(H,14,15). The Morgan fingerprint density at radius 1 is 1.44 bits per heavy atom. The van der Waals surface area contributed by atoms with Crippen LogP contribution in [-0.2, 0) is 19.8 Å². The predicted octanol–water partition coefficient (Wildman–Crippen LogP) is 0.389. The lowest BCUT2D eigenvalue weighted by atomic mass is 10.1. The summed E-state index contributed by atoms with van der Waals surface area (Å²) >= 11 is 0. The van der Waals surface area contributed by atoms with Crippen molar-refractivity contribution in [3.05, 3.63) is 0 Å². The van der Waals surface area contributed by atoms with Crippen molar-refractivity contribution < 1.29 is 27.0 Å². The lowest BCUT2D eigenvalue weighted by Gasteiger charge is -2.15. The molecule has 0 bridgehead atoms. The molecule has 1 amide bonds. The third-order valence-corrected chi connectivity index (χ3v) is 3.67. The first-order chi connectivity index (χ1) is 8.28. The number of carboxylic acid groups (broad SMARTS) is 1. The van der Waals surface area contributed by atoms with Crippen molar-refractivity contribution in [2.75, 3.05) is 18.8 Å². The van der Waals surface area contributed by atoms with Gasteiger partial charge in [0.15, 0.2) is 0 Å². The van der Waals surface area contributed by atoms with E-state index in [-0.39, 0.29) is 25.3 Å². The topological polar surface area (TPSA) is 91.8 Å². The van der Waals surface area contributed by atoms with E-state index in [2.05, 4.69) is 0 Å². The molecule has 1 aliphatic rings. The fraction of sp³-hybridized carbons (Fsp3) is 0.800. The van der Waals surface area contributed by atoms with Crippen molar-refractivity contribution in [3.63, 3.8) is 0 Å². The number of aliphatic carboxylic acids is 1. The molecule has 0 aliphatic carbocycles. The summed E-state index contributed by atoms with van der Waals surface area (Å²) in [5.41, 5.74) is 0. The number of halogens is 1. The van der Waals surface area contributed by atoms with Crippen molar-refractivity contribution >= 4 is 22.1 Å². The number of carbonyl (C=O) groups is 2. The second-order valence-corrected chi connectivity index (χ2v) is 5.88. The van der Waals surface area contributed by atoms with Gasteiger partial charge in [-0.2, -0.15) is 8.42 Å². The average molecular weight is 281 g/mol. The molecule has 104 valence electrons. The molecular weight excluding hydrogens is 265 g/mol. The van der Waals surface area contributed by atoms with Gasteiger partial charge in [-0.15, -0.1) is 3.89 Å². The number of rotatable bonds is 7. The Balaban J connectivity index is 2.31. The highest BCUT2D eigenvalue weighted by Crippen LogP contribution is 2.20. The van der Waals surface area contributed by atoms with Gasteiger partial charge in [0, 0.05) is 31.8 Å². The van der Waals surface area contributed by atoms with Crippen molar-refractivity contribution in [1.29, 1.82) is 0 Å². The number of amides is 1. The summed E-state index contributed by atoms with van der Waals surface area (Å²) in [6.07, 6.45) is 1.10. The molecule has 0 aromatic rings. The molecule has 1 unspecified atom stereocenters. The largest absolute Gasteiger partial charge is 0.481 e. The zero-order chi connectivity index (χ0) is 13.8. The minimum absolute atomic E-state index is 0.0437. The maximum atomic E-state index is 12.5. The highest BCUT2D eigenvalue weighted by molar-refractivity contribution is 7.86. The molecule has 18 heavy (non-hydrogen) atoms. The van der Waals surface area contributed by atoms with E-state index < -0.39 is 27.9 Å². The molecule has 1 N–H and O–H groups in total. The third kappa shape index (κ3) is 5.44. The number of carboxylic acids is 1. The second kappa shape index (κ2) is 6.12. The van der Waals surface area contributed by atoms with E-state index >= 15 is 0 Å². The Morgan fingerprint density at radius 2 is 2.11 bits per heavy atom. The van der Waals surface area contributed by atoms with Crippen molar-refractivity contribution in [2.45, 2.75) is 25.7 Å². The van der Waals surface area contributed by atoms with E-state index in [1.807, 2.05) is 0 Å². The molecule has 1 saturated heterocycles. The molecule has 1 rings (SSSR count). The lowest BCUT2D eigenvalue weighted by Crippen LogP contribution is -2.27. The van der Waals surface area contributed by atoms with Crippen LogP contribution < -0.4 is 0 Å². The first-order valence-electron chi connectivity index (χ1n) is 5.70. The number of unbranched alkanes of at least 4 members (excludes halogenated alkanes) is 1. The molecule has 8 heteroatoms. The monoisotopic (exact) mass is 281 g/mol. The molecule has 0 spiro atoms. The zero-order valence-electron chi connectivity index (χ0n) is 9.84. The molecule has 0 aromatic heterocycles. The molecule has 6 nitrogen and oxygen atoms in total. The van der Waals surface area contributed by atoms with Crippen LogP contribution in [0.4, 0.5) is 3.89 Å². The van der Waals surface area contributed by atoms with Gasteiger partial charge in [0.05, 0.1) is 5.75 Å². The van der Waals surface area contributed by atoms with Gasteiger partial charge in [0.2, 0.25) is 5.91 Å². The van der Waals surface area contributed by atoms with E-state index in [4.69, 9.17) is 5.11 Å². The molecule has 0 saturated carbocycles. The van der Waals surface area contributed by atoms with E-state index in [9.17, 15) is 21.9 Å². The second-order valence-electron chi connectivity index (χ2n) is 4.47. The molecule has 1 heterocycles. The van der Waals surface area contributed by atoms with E-state index in [1.54, 1.807) is 0 Å². The van der Waals surface area contributed by atoms with Crippen LogP contribution in [-0.4, -0.2) is 49.1 Å². The van der Waals surface area contributed by atoms with Crippen LogP contribution in [0.3, 0.4) is 0 Å². The Morgan fingerprint density at radius 3 is 2.67 bits per heavy atom. The number of hydrogen-bond donors (Lipinski definition) is 1. The number of likely N-dealkylation sites (tertiary alicyclic amines) is 1. The van der Waals surface area contributed by atoms with Gasteiger partial charge in [-0.05, 0) is 12.8 Å². The summed E-state index contributed by atoms with van der Waals surface area (Å²) < 4.78 is 33.4. The van der Waals surface area contributed by atoms with Crippen molar-refractivity contribution in [3.8, 4) is 0 Å². The highest BCUT2D eigenvalue weighted by atomic mass is 32.3. The minimum atomic E-state index is -4.55. The molecule has 1 atom stereocenters. The van der Waals surface area contributed by atoms with E-state index in [1.165, 1.54) is 4.90 Å². The quantitative estimate of drug-likeness (QED) is 0.538. The Bertz CT molecular complexity index is 422. The van der Waals surface area contributed by atoms with Gasteiger partial charge >= 0.3 is 16.2 Å². The molecule has 1 fully saturated rings. The fourth-order valence-electron chi connectivity index (χ4n) is 2.04. The van der Waals surface area contributed by atoms with Crippen LogP contribution in [0, 0.1) is 5.92 Å². The number of hydrogen-bond acceptors (Lipinski definition) is 4. The normalized spacial score (nSPS) is 20.4. The Kier molecular flexibility index (Phi) is 5.06. The molecule has 0 radical (unpaired) electrons.